The van der Waals surface area contributed by atoms with E-state index in [0.717, 1.165) is 34.9 Å². The van der Waals surface area contributed by atoms with Gasteiger partial charge >= 0.3 is 5.97 Å². The highest BCUT2D eigenvalue weighted by molar-refractivity contribution is 8.04. The highest BCUT2D eigenvalue weighted by Crippen LogP contribution is 2.28. The van der Waals surface area contributed by atoms with E-state index in [1.54, 1.807) is 6.92 Å². The van der Waals surface area contributed by atoms with Crippen molar-refractivity contribution in [2.75, 3.05) is 24.2 Å². The first-order valence-electron chi connectivity index (χ1n) is 6.97. The number of thioether (sulfide) groups is 1. The third kappa shape index (κ3) is 4.54. The molecule has 1 aliphatic rings. The van der Waals surface area contributed by atoms with Crippen molar-refractivity contribution < 1.29 is 27.9 Å². The number of hydrogen-bond acceptors (Lipinski definition) is 5. The van der Waals surface area contributed by atoms with E-state index in [1.807, 2.05) is 0 Å². The lowest BCUT2D eigenvalue weighted by Gasteiger charge is -2.16. The normalized spacial score (nSPS) is 15.7. The number of amides is 2. The predicted octanol–water partition coefficient (Wildman–Crippen LogP) is 1.88. The summed E-state index contributed by atoms with van der Waals surface area (Å²) in [5, 5.41) is 2.54. The second-order valence-corrected chi connectivity index (χ2v) is 5.67. The van der Waals surface area contributed by atoms with Crippen molar-refractivity contribution in [3.8, 4) is 0 Å². The van der Waals surface area contributed by atoms with Crippen LogP contribution in [-0.4, -0.2) is 41.6 Å². The average molecular weight is 356 g/mol. The highest BCUT2D eigenvalue weighted by atomic mass is 32.2. The fourth-order valence-corrected chi connectivity index (χ4v) is 2.84. The van der Waals surface area contributed by atoms with Gasteiger partial charge in [-0.3, -0.25) is 14.5 Å². The Bertz CT molecular complexity index is 709. The van der Waals surface area contributed by atoms with Crippen molar-refractivity contribution in [1.82, 2.24) is 4.90 Å². The van der Waals surface area contributed by atoms with Gasteiger partial charge in [-0.15, -0.1) is 0 Å². The van der Waals surface area contributed by atoms with Crippen molar-refractivity contribution in [3.05, 3.63) is 40.9 Å². The number of benzene rings is 1. The zero-order chi connectivity index (χ0) is 17.7. The molecule has 9 heteroatoms. The SMILES string of the molecule is CCOC(=O)/C=C1\SCC(=O)N1CC(=O)Nc1ccc(F)cc1F. The first-order chi connectivity index (χ1) is 11.4. The maximum absolute atomic E-state index is 13.5. The van der Waals surface area contributed by atoms with Crippen LogP contribution in [0.2, 0.25) is 0 Å². The lowest BCUT2D eigenvalue weighted by atomic mass is 10.3. The topological polar surface area (TPSA) is 75.7 Å². The largest absolute Gasteiger partial charge is 0.463 e. The molecular weight excluding hydrogens is 342 g/mol. The monoisotopic (exact) mass is 356 g/mol. The van der Waals surface area contributed by atoms with Crippen LogP contribution in [0.4, 0.5) is 14.5 Å². The van der Waals surface area contributed by atoms with Gasteiger partial charge in [-0.25, -0.2) is 13.6 Å². The van der Waals surface area contributed by atoms with Gasteiger partial charge in [0.05, 0.1) is 29.2 Å². The molecule has 1 heterocycles. The molecule has 1 aromatic rings. The molecule has 1 N–H and O–H groups in total. The summed E-state index contributed by atoms with van der Waals surface area (Å²) in [5.74, 6) is -3.26. The molecule has 128 valence electrons. The minimum Gasteiger partial charge on any atom is -0.463 e. The van der Waals surface area contributed by atoms with Crippen molar-refractivity contribution >= 4 is 35.2 Å². The smallest absolute Gasteiger partial charge is 0.333 e. The van der Waals surface area contributed by atoms with Crippen LogP contribution in [-0.2, 0) is 19.1 Å². The molecule has 0 saturated carbocycles. The summed E-state index contributed by atoms with van der Waals surface area (Å²) in [4.78, 5) is 36.4. The summed E-state index contributed by atoms with van der Waals surface area (Å²) in [5.41, 5.74) is -0.198. The Morgan fingerprint density at radius 3 is 2.83 bits per heavy atom. The predicted molar refractivity (Wildman–Crippen MR) is 83.9 cm³/mol. The number of nitrogens with zero attached hydrogens (tertiary/aromatic N) is 1. The zero-order valence-electron chi connectivity index (χ0n) is 12.7. The van der Waals surface area contributed by atoms with E-state index in [-0.39, 0.29) is 29.0 Å². The lowest BCUT2D eigenvalue weighted by Crippen LogP contribution is -2.34. The lowest BCUT2D eigenvalue weighted by molar-refractivity contribution is -0.137. The fraction of sp³-hybridized carbons (Fsp3) is 0.267. The minimum atomic E-state index is -0.923. The molecule has 0 aliphatic carbocycles. The van der Waals surface area contributed by atoms with Crippen LogP contribution >= 0.6 is 11.8 Å². The van der Waals surface area contributed by atoms with E-state index >= 15 is 0 Å². The van der Waals surface area contributed by atoms with Crippen molar-refractivity contribution in [1.29, 1.82) is 0 Å². The molecule has 0 aromatic heterocycles. The summed E-state index contributed by atoms with van der Waals surface area (Å²) in [7, 11) is 0. The van der Waals surface area contributed by atoms with Gasteiger partial charge in [-0.1, -0.05) is 11.8 Å². The molecule has 2 rings (SSSR count). The van der Waals surface area contributed by atoms with E-state index in [4.69, 9.17) is 4.74 Å². The van der Waals surface area contributed by atoms with Crippen molar-refractivity contribution in [2.45, 2.75) is 6.92 Å². The Morgan fingerprint density at radius 1 is 1.42 bits per heavy atom. The second-order valence-electron chi connectivity index (χ2n) is 4.68. The van der Waals surface area contributed by atoms with Gasteiger partial charge in [0.15, 0.2) is 0 Å². The molecule has 0 unspecified atom stereocenters. The van der Waals surface area contributed by atoms with Crippen LogP contribution in [0.25, 0.3) is 0 Å². The average Bonchev–Trinajstić information content (AvgIpc) is 2.83. The minimum absolute atomic E-state index is 0.0867. The van der Waals surface area contributed by atoms with Gasteiger partial charge in [0.25, 0.3) is 0 Å². The molecule has 0 spiro atoms. The molecule has 1 saturated heterocycles. The number of anilines is 1. The van der Waals surface area contributed by atoms with E-state index in [1.165, 1.54) is 0 Å². The van der Waals surface area contributed by atoms with Gasteiger partial charge in [-0.05, 0) is 19.1 Å². The number of hydrogen-bond donors (Lipinski definition) is 1. The molecule has 1 aliphatic heterocycles. The number of rotatable bonds is 5. The number of ether oxygens (including phenoxy) is 1. The Labute approximate surface area is 140 Å². The Morgan fingerprint density at radius 2 is 2.17 bits per heavy atom. The van der Waals surface area contributed by atoms with Crippen molar-refractivity contribution in [2.24, 2.45) is 0 Å². The first kappa shape index (κ1) is 17.9. The van der Waals surface area contributed by atoms with Crippen LogP contribution in [0.3, 0.4) is 0 Å². The van der Waals surface area contributed by atoms with Crippen molar-refractivity contribution in [3.63, 3.8) is 0 Å². The third-order valence-electron chi connectivity index (χ3n) is 2.95. The number of carbonyl (C=O) groups excluding carboxylic acids is 3. The number of halogens is 2. The summed E-state index contributed by atoms with van der Waals surface area (Å²) in [6, 6.07) is 2.72. The van der Waals surface area contributed by atoms with Crippen LogP contribution < -0.4 is 5.32 Å². The molecule has 1 fully saturated rings. The molecule has 2 amide bonds. The third-order valence-corrected chi connectivity index (χ3v) is 3.97. The number of nitrogens with one attached hydrogen (secondary N) is 1. The van der Waals surface area contributed by atoms with Crippen LogP contribution in [0.15, 0.2) is 29.3 Å². The quantitative estimate of drug-likeness (QED) is 0.644. The summed E-state index contributed by atoms with van der Waals surface area (Å²) in [6.45, 7) is 1.44. The molecule has 0 bridgehead atoms. The van der Waals surface area contributed by atoms with Gasteiger partial charge in [0.2, 0.25) is 11.8 Å². The van der Waals surface area contributed by atoms with Crippen LogP contribution in [0, 0.1) is 11.6 Å². The Hall–Kier alpha value is -2.42. The molecule has 6 nitrogen and oxygen atoms in total. The van der Waals surface area contributed by atoms with Gasteiger partial charge in [0.1, 0.15) is 18.2 Å². The fourth-order valence-electron chi connectivity index (χ4n) is 1.91. The summed E-state index contributed by atoms with van der Waals surface area (Å²) in [6.07, 6.45) is 1.13. The van der Waals surface area contributed by atoms with Gasteiger partial charge in [-0.2, -0.15) is 0 Å². The second kappa shape index (κ2) is 7.91. The van der Waals surface area contributed by atoms with Gasteiger partial charge in [0, 0.05) is 6.07 Å². The standard InChI is InChI=1S/C15H14F2N2O4S/c1-2-23-15(22)6-14-19(13(21)8-24-14)7-12(20)18-11-4-3-9(16)5-10(11)17/h3-6H,2,7-8H2,1H3,(H,18,20)/b14-6-. The summed E-state index contributed by atoms with van der Waals surface area (Å²) < 4.78 is 31.1. The van der Waals surface area contributed by atoms with E-state index in [0.29, 0.717) is 6.07 Å². The Kier molecular flexibility index (Phi) is 5.91. The van der Waals surface area contributed by atoms with Gasteiger partial charge < -0.3 is 10.1 Å². The first-order valence-corrected chi connectivity index (χ1v) is 7.95. The molecular formula is C15H14F2N2O4S. The maximum atomic E-state index is 13.5. The highest BCUT2D eigenvalue weighted by Gasteiger charge is 2.29. The van der Waals surface area contributed by atoms with Crippen LogP contribution in [0.1, 0.15) is 6.92 Å². The molecule has 1 aromatic carbocycles. The zero-order valence-corrected chi connectivity index (χ0v) is 13.5. The van der Waals surface area contributed by atoms with Crippen LogP contribution in [0.5, 0.6) is 0 Å². The summed E-state index contributed by atoms with van der Waals surface area (Å²) >= 11 is 1.10. The molecule has 0 radical (unpaired) electrons. The molecule has 0 atom stereocenters. The van der Waals surface area contributed by atoms with E-state index in [2.05, 4.69) is 5.32 Å². The Balaban J connectivity index is 2.05. The maximum Gasteiger partial charge on any atom is 0.333 e. The number of carbonyl (C=O) groups is 3. The van der Waals surface area contributed by atoms with E-state index < -0.39 is 30.1 Å². The van der Waals surface area contributed by atoms with E-state index in [9.17, 15) is 23.2 Å². The number of esters is 1. The molecule has 24 heavy (non-hydrogen) atoms.